The van der Waals surface area contributed by atoms with Gasteiger partial charge in [0.2, 0.25) is 0 Å². The summed E-state index contributed by atoms with van der Waals surface area (Å²) in [7, 11) is 1.80. The van der Waals surface area contributed by atoms with Crippen molar-refractivity contribution in [1.82, 2.24) is 10.6 Å². The summed E-state index contributed by atoms with van der Waals surface area (Å²) in [4.78, 5) is 5.56. The highest BCUT2D eigenvalue weighted by molar-refractivity contribution is 9.11. The van der Waals surface area contributed by atoms with Gasteiger partial charge in [0.05, 0.1) is 3.79 Å². The molecule has 0 aliphatic rings. The number of nitrogens with zero attached hydrogens (tertiary/aromatic N) is 1. The van der Waals surface area contributed by atoms with Crippen LogP contribution >= 0.6 is 27.3 Å². The molecule has 0 unspecified atom stereocenters. The smallest absolute Gasteiger partial charge is 0.190 e. The van der Waals surface area contributed by atoms with Gasteiger partial charge in [-0.3, -0.25) is 4.99 Å². The highest BCUT2D eigenvalue weighted by atomic mass is 79.9. The molecule has 0 saturated heterocycles. The molecule has 0 aromatic carbocycles. The maximum atomic E-state index is 4.18. The van der Waals surface area contributed by atoms with Crippen molar-refractivity contribution < 1.29 is 0 Å². The molecule has 0 amide bonds. The van der Waals surface area contributed by atoms with E-state index in [1.807, 2.05) is 0 Å². The van der Waals surface area contributed by atoms with Crippen LogP contribution in [0.1, 0.15) is 18.7 Å². The van der Waals surface area contributed by atoms with Gasteiger partial charge in [-0.2, -0.15) is 0 Å². The zero-order valence-electron chi connectivity index (χ0n) is 10.6. The van der Waals surface area contributed by atoms with E-state index in [0.29, 0.717) is 5.92 Å². The van der Waals surface area contributed by atoms with Crippen molar-refractivity contribution in [2.45, 2.75) is 20.3 Å². The van der Waals surface area contributed by atoms with Crippen molar-refractivity contribution in [3.05, 3.63) is 20.8 Å². The lowest BCUT2D eigenvalue weighted by atomic mass is 10.2. The van der Waals surface area contributed by atoms with Gasteiger partial charge in [0.1, 0.15) is 0 Å². The van der Waals surface area contributed by atoms with Gasteiger partial charge in [0.15, 0.2) is 5.96 Å². The summed E-state index contributed by atoms with van der Waals surface area (Å²) in [5.41, 5.74) is 0. The molecule has 96 valence electrons. The third-order valence-electron chi connectivity index (χ3n) is 2.19. The Morgan fingerprint density at radius 2 is 2.18 bits per heavy atom. The molecule has 0 aliphatic carbocycles. The molecule has 3 nitrogen and oxygen atoms in total. The Labute approximate surface area is 116 Å². The Balaban J connectivity index is 2.24. The first-order chi connectivity index (χ1) is 8.11. The van der Waals surface area contributed by atoms with E-state index in [4.69, 9.17) is 0 Å². The van der Waals surface area contributed by atoms with Crippen LogP contribution in [0.15, 0.2) is 20.9 Å². The van der Waals surface area contributed by atoms with Gasteiger partial charge in [-0.05, 0) is 40.4 Å². The van der Waals surface area contributed by atoms with E-state index in [2.05, 4.69) is 57.5 Å². The number of nitrogens with one attached hydrogen (secondary N) is 2. The molecule has 1 aromatic heterocycles. The quantitative estimate of drug-likeness (QED) is 0.647. The Kier molecular flexibility index (Phi) is 6.58. The fourth-order valence-corrected chi connectivity index (χ4v) is 2.79. The number of aliphatic imine (C=N–C) groups is 1. The van der Waals surface area contributed by atoms with Crippen molar-refractivity contribution in [3.8, 4) is 0 Å². The predicted octanol–water partition coefficient (Wildman–Crippen LogP) is 2.87. The molecule has 2 N–H and O–H groups in total. The van der Waals surface area contributed by atoms with E-state index in [0.717, 1.165) is 25.5 Å². The minimum absolute atomic E-state index is 0.627. The van der Waals surface area contributed by atoms with Gasteiger partial charge in [-0.25, -0.2) is 0 Å². The largest absolute Gasteiger partial charge is 0.356 e. The molecule has 0 atom stereocenters. The van der Waals surface area contributed by atoms with Gasteiger partial charge in [-0.15, -0.1) is 11.3 Å². The number of halogens is 1. The van der Waals surface area contributed by atoms with Crippen LogP contribution in [0, 0.1) is 5.92 Å². The first-order valence-corrected chi connectivity index (χ1v) is 7.41. The van der Waals surface area contributed by atoms with E-state index >= 15 is 0 Å². The minimum atomic E-state index is 0.627. The van der Waals surface area contributed by atoms with E-state index in [1.165, 1.54) is 8.66 Å². The summed E-state index contributed by atoms with van der Waals surface area (Å²) in [6.07, 6.45) is 1.03. The van der Waals surface area contributed by atoms with Gasteiger partial charge < -0.3 is 10.6 Å². The van der Waals surface area contributed by atoms with Crippen molar-refractivity contribution in [2.75, 3.05) is 20.1 Å². The van der Waals surface area contributed by atoms with E-state index < -0.39 is 0 Å². The van der Waals surface area contributed by atoms with Crippen molar-refractivity contribution in [3.63, 3.8) is 0 Å². The van der Waals surface area contributed by atoms with Crippen LogP contribution in [-0.4, -0.2) is 26.1 Å². The van der Waals surface area contributed by atoms with Crippen LogP contribution in [0.25, 0.3) is 0 Å². The molecule has 1 aromatic rings. The highest BCUT2D eigenvalue weighted by Crippen LogP contribution is 2.21. The number of thiophene rings is 1. The van der Waals surface area contributed by atoms with Crippen LogP contribution in [0.5, 0.6) is 0 Å². The average Bonchev–Trinajstić information content (AvgIpc) is 2.69. The second-order valence-electron chi connectivity index (χ2n) is 4.23. The third kappa shape index (κ3) is 6.07. The molecule has 0 aliphatic heterocycles. The molecular weight excluding hydrogens is 298 g/mol. The second-order valence-corrected chi connectivity index (χ2v) is 6.78. The molecule has 0 spiro atoms. The lowest BCUT2D eigenvalue weighted by molar-refractivity contribution is 0.615. The maximum absolute atomic E-state index is 4.18. The Bertz CT molecular complexity index is 360. The molecular formula is C12H20BrN3S. The fourth-order valence-electron chi connectivity index (χ4n) is 1.31. The molecule has 0 fully saturated rings. The zero-order chi connectivity index (χ0) is 12.7. The molecule has 5 heteroatoms. The van der Waals surface area contributed by atoms with Crippen molar-refractivity contribution in [1.29, 1.82) is 0 Å². The summed E-state index contributed by atoms with van der Waals surface area (Å²) in [6.45, 7) is 6.22. The van der Waals surface area contributed by atoms with Crippen LogP contribution in [0.2, 0.25) is 0 Å². The standard InChI is InChI=1S/C12H20BrN3S/c1-9(2)8-16-12(14-3)15-7-6-10-4-5-11(13)17-10/h4-5,9H,6-8H2,1-3H3,(H2,14,15,16). The molecule has 1 heterocycles. The van der Waals surface area contributed by atoms with Crippen LogP contribution in [0.4, 0.5) is 0 Å². The van der Waals surface area contributed by atoms with Crippen molar-refractivity contribution in [2.24, 2.45) is 10.9 Å². The Morgan fingerprint density at radius 1 is 1.41 bits per heavy atom. The van der Waals surface area contributed by atoms with Crippen LogP contribution in [-0.2, 0) is 6.42 Å². The van der Waals surface area contributed by atoms with Gasteiger partial charge in [0.25, 0.3) is 0 Å². The summed E-state index contributed by atoms with van der Waals surface area (Å²) < 4.78 is 1.19. The normalized spacial score (nSPS) is 11.9. The summed E-state index contributed by atoms with van der Waals surface area (Å²) in [5, 5.41) is 6.61. The molecule has 1 rings (SSSR count). The van der Waals surface area contributed by atoms with Crippen molar-refractivity contribution >= 4 is 33.2 Å². The summed E-state index contributed by atoms with van der Waals surface area (Å²) in [6, 6.07) is 4.24. The lowest BCUT2D eigenvalue weighted by Gasteiger charge is -2.12. The number of hydrogen-bond acceptors (Lipinski definition) is 2. The highest BCUT2D eigenvalue weighted by Gasteiger charge is 2.00. The van der Waals surface area contributed by atoms with E-state index in [-0.39, 0.29) is 0 Å². The molecule has 0 bridgehead atoms. The monoisotopic (exact) mass is 317 g/mol. The number of hydrogen-bond donors (Lipinski definition) is 2. The Hall–Kier alpha value is -0.550. The molecule has 17 heavy (non-hydrogen) atoms. The van der Waals surface area contributed by atoms with E-state index in [9.17, 15) is 0 Å². The van der Waals surface area contributed by atoms with Gasteiger partial charge in [0, 0.05) is 25.0 Å². The topological polar surface area (TPSA) is 36.4 Å². The fraction of sp³-hybridized carbons (Fsp3) is 0.583. The lowest BCUT2D eigenvalue weighted by Crippen LogP contribution is -2.39. The van der Waals surface area contributed by atoms with Gasteiger partial charge >= 0.3 is 0 Å². The summed E-state index contributed by atoms with van der Waals surface area (Å²) in [5.74, 6) is 1.51. The number of guanidine groups is 1. The Morgan fingerprint density at radius 3 is 2.71 bits per heavy atom. The van der Waals surface area contributed by atoms with Gasteiger partial charge in [-0.1, -0.05) is 13.8 Å². The zero-order valence-corrected chi connectivity index (χ0v) is 13.0. The second kappa shape index (κ2) is 7.71. The average molecular weight is 318 g/mol. The summed E-state index contributed by atoms with van der Waals surface area (Å²) >= 11 is 5.25. The number of rotatable bonds is 5. The molecule has 0 radical (unpaired) electrons. The SMILES string of the molecule is CN=C(NCCc1ccc(Br)s1)NCC(C)C. The third-order valence-corrected chi connectivity index (χ3v) is 3.88. The van der Waals surface area contributed by atoms with Crippen LogP contribution in [0.3, 0.4) is 0 Å². The molecule has 0 saturated carbocycles. The minimum Gasteiger partial charge on any atom is -0.356 e. The maximum Gasteiger partial charge on any atom is 0.190 e. The predicted molar refractivity (Wildman–Crippen MR) is 79.9 cm³/mol. The first kappa shape index (κ1) is 14.5. The first-order valence-electron chi connectivity index (χ1n) is 5.80. The van der Waals surface area contributed by atoms with E-state index in [1.54, 1.807) is 18.4 Å². The van der Waals surface area contributed by atoms with Crippen LogP contribution < -0.4 is 10.6 Å².